The Kier molecular flexibility index (Phi) is 2.82. The van der Waals surface area contributed by atoms with Crippen LogP contribution in [0.5, 0.6) is 0 Å². The van der Waals surface area contributed by atoms with E-state index in [0.717, 1.165) is 48.3 Å². The van der Waals surface area contributed by atoms with E-state index in [1.54, 1.807) is 0 Å². The number of benzene rings is 1. The van der Waals surface area contributed by atoms with Crippen LogP contribution in [-0.2, 0) is 13.0 Å². The molecule has 88 valence electrons. The molecule has 1 aromatic carbocycles. The number of nitrogens with one attached hydrogen (secondary N) is 1. The largest absolute Gasteiger partial charge is 0.315 e. The number of rotatable bonds is 1. The molecule has 3 rings (SSSR count). The van der Waals surface area contributed by atoms with E-state index >= 15 is 0 Å². The Morgan fingerprint density at radius 1 is 1.18 bits per heavy atom. The van der Waals surface area contributed by atoms with Gasteiger partial charge < -0.3 is 9.88 Å². The molecular formula is C12H13ClN4. The number of fused-ring (bicyclic) bond motifs is 1. The Morgan fingerprint density at radius 3 is 2.94 bits per heavy atom. The van der Waals surface area contributed by atoms with Crippen LogP contribution in [0.2, 0.25) is 5.02 Å². The first-order chi connectivity index (χ1) is 8.36. The predicted molar refractivity (Wildman–Crippen MR) is 67.0 cm³/mol. The van der Waals surface area contributed by atoms with Gasteiger partial charge in [-0.15, -0.1) is 10.2 Å². The van der Waals surface area contributed by atoms with Crippen LogP contribution in [-0.4, -0.2) is 27.9 Å². The van der Waals surface area contributed by atoms with Crippen molar-refractivity contribution in [2.24, 2.45) is 0 Å². The normalized spacial score (nSPS) is 15.4. The van der Waals surface area contributed by atoms with Crippen LogP contribution in [0.3, 0.4) is 0 Å². The predicted octanol–water partition coefficient (Wildman–Crippen LogP) is 1.74. The average molecular weight is 249 g/mol. The minimum Gasteiger partial charge on any atom is -0.315 e. The van der Waals surface area contributed by atoms with Crippen LogP contribution in [0.15, 0.2) is 24.3 Å². The Morgan fingerprint density at radius 2 is 2.06 bits per heavy atom. The van der Waals surface area contributed by atoms with Crippen LogP contribution in [0.4, 0.5) is 0 Å². The highest BCUT2D eigenvalue weighted by molar-refractivity contribution is 6.33. The fraction of sp³-hybridized carbons (Fsp3) is 0.333. The molecule has 0 amide bonds. The van der Waals surface area contributed by atoms with Gasteiger partial charge in [0.25, 0.3) is 0 Å². The summed E-state index contributed by atoms with van der Waals surface area (Å²) in [4.78, 5) is 0. The van der Waals surface area contributed by atoms with E-state index in [0.29, 0.717) is 0 Å². The highest BCUT2D eigenvalue weighted by atomic mass is 35.5. The zero-order valence-corrected chi connectivity index (χ0v) is 10.1. The number of aromatic nitrogens is 3. The van der Waals surface area contributed by atoms with E-state index in [1.807, 2.05) is 24.3 Å². The van der Waals surface area contributed by atoms with Gasteiger partial charge in [-0.1, -0.05) is 23.7 Å². The molecule has 1 N–H and O–H groups in total. The Labute approximate surface area is 105 Å². The Bertz CT molecular complexity index is 535. The quantitative estimate of drug-likeness (QED) is 0.836. The molecule has 0 unspecified atom stereocenters. The molecule has 1 aliphatic heterocycles. The average Bonchev–Trinajstić information content (AvgIpc) is 2.59. The lowest BCUT2D eigenvalue weighted by molar-refractivity contribution is 0.647. The first-order valence-corrected chi connectivity index (χ1v) is 6.12. The lowest BCUT2D eigenvalue weighted by atomic mass is 10.2. The number of hydrogen-bond acceptors (Lipinski definition) is 3. The van der Waals surface area contributed by atoms with E-state index in [1.165, 1.54) is 0 Å². The molecule has 1 aliphatic rings. The van der Waals surface area contributed by atoms with Gasteiger partial charge in [0.2, 0.25) is 0 Å². The molecule has 0 saturated heterocycles. The second-order valence-electron chi connectivity index (χ2n) is 4.07. The second-order valence-corrected chi connectivity index (χ2v) is 4.48. The van der Waals surface area contributed by atoms with Gasteiger partial charge in [0.15, 0.2) is 5.82 Å². The molecule has 1 aromatic heterocycles. The summed E-state index contributed by atoms with van der Waals surface area (Å²) >= 11 is 6.20. The summed E-state index contributed by atoms with van der Waals surface area (Å²) < 4.78 is 2.15. The smallest absolute Gasteiger partial charge is 0.165 e. The standard InChI is InChI=1S/C12H13ClN4/c13-10-4-2-1-3-9(10)12-16-15-11-5-6-14-7-8-17(11)12/h1-4,14H,5-8H2. The zero-order valence-electron chi connectivity index (χ0n) is 9.36. The van der Waals surface area contributed by atoms with Crippen LogP contribution in [0.25, 0.3) is 11.4 Å². The molecule has 2 aromatic rings. The fourth-order valence-electron chi connectivity index (χ4n) is 2.11. The van der Waals surface area contributed by atoms with Gasteiger partial charge in [0.1, 0.15) is 5.82 Å². The summed E-state index contributed by atoms with van der Waals surface area (Å²) in [6, 6.07) is 7.76. The highest BCUT2D eigenvalue weighted by Crippen LogP contribution is 2.26. The third kappa shape index (κ3) is 1.94. The molecular weight excluding hydrogens is 236 g/mol. The van der Waals surface area contributed by atoms with Crippen molar-refractivity contribution >= 4 is 11.6 Å². The Hall–Kier alpha value is -1.39. The highest BCUT2D eigenvalue weighted by Gasteiger charge is 2.16. The third-order valence-electron chi connectivity index (χ3n) is 2.98. The minimum atomic E-state index is 0.722. The summed E-state index contributed by atoms with van der Waals surface area (Å²) in [6.07, 6.45) is 0.914. The molecule has 17 heavy (non-hydrogen) atoms. The topological polar surface area (TPSA) is 42.7 Å². The van der Waals surface area contributed by atoms with Crippen molar-refractivity contribution in [3.63, 3.8) is 0 Å². The molecule has 5 heteroatoms. The summed E-state index contributed by atoms with van der Waals surface area (Å²) in [7, 11) is 0. The summed E-state index contributed by atoms with van der Waals surface area (Å²) in [5.74, 6) is 1.90. The fourth-order valence-corrected chi connectivity index (χ4v) is 2.33. The summed E-state index contributed by atoms with van der Waals surface area (Å²) in [5, 5.41) is 12.6. The van der Waals surface area contributed by atoms with Crippen molar-refractivity contribution in [3.8, 4) is 11.4 Å². The van der Waals surface area contributed by atoms with Crippen molar-refractivity contribution in [1.29, 1.82) is 0 Å². The first-order valence-electron chi connectivity index (χ1n) is 5.74. The van der Waals surface area contributed by atoms with E-state index in [2.05, 4.69) is 20.1 Å². The van der Waals surface area contributed by atoms with E-state index in [-0.39, 0.29) is 0 Å². The van der Waals surface area contributed by atoms with Crippen molar-refractivity contribution in [1.82, 2.24) is 20.1 Å². The van der Waals surface area contributed by atoms with E-state index in [4.69, 9.17) is 11.6 Å². The minimum absolute atomic E-state index is 0.722. The zero-order chi connectivity index (χ0) is 11.7. The maximum atomic E-state index is 6.20. The molecule has 4 nitrogen and oxygen atoms in total. The van der Waals surface area contributed by atoms with Crippen LogP contribution in [0, 0.1) is 0 Å². The van der Waals surface area contributed by atoms with Crippen molar-refractivity contribution in [2.45, 2.75) is 13.0 Å². The van der Waals surface area contributed by atoms with Crippen molar-refractivity contribution in [2.75, 3.05) is 13.1 Å². The molecule has 0 spiro atoms. The summed E-state index contributed by atoms with van der Waals surface area (Å²) in [5.41, 5.74) is 0.954. The van der Waals surface area contributed by atoms with Crippen LogP contribution >= 0.6 is 11.6 Å². The van der Waals surface area contributed by atoms with Crippen molar-refractivity contribution in [3.05, 3.63) is 35.1 Å². The van der Waals surface area contributed by atoms with E-state index in [9.17, 15) is 0 Å². The van der Waals surface area contributed by atoms with Gasteiger partial charge in [-0.05, 0) is 12.1 Å². The number of hydrogen-bond donors (Lipinski definition) is 1. The molecule has 2 heterocycles. The summed E-state index contributed by atoms with van der Waals surface area (Å²) in [6.45, 7) is 2.80. The SMILES string of the molecule is Clc1ccccc1-c1nnc2n1CCNCC2. The Balaban J connectivity index is 2.10. The lowest BCUT2D eigenvalue weighted by Crippen LogP contribution is -2.17. The number of halogens is 1. The van der Waals surface area contributed by atoms with Gasteiger partial charge >= 0.3 is 0 Å². The van der Waals surface area contributed by atoms with Gasteiger partial charge in [-0.3, -0.25) is 0 Å². The third-order valence-corrected chi connectivity index (χ3v) is 3.31. The maximum Gasteiger partial charge on any atom is 0.165 e. The van der Waals surface area contributed by atoms with Crippen molar-refractivity contribution < 1.29 is 0 Å². The molecule has 0 fully saturated rings. The number of nitrogens with zero attached hydrogens (tertiary/aromatic N) is 3. The maximum absolute atomic E-state index is 6.20. The van der Waals surface area contributed by atoms with E-state index < -0.39 is 0 Å². The molecule has 0 aliphatic carbocycles. The monoisotopic (exact) mass is 248 g/mol. The van der Waals surface area contributed by atoms with Gasteiger partial charge in [-0.25, -0.2) is 0 Å². The first kappa shape index (κ1) is 10.7. The molecule has 0 bridgehead atoms. The molecule has 0 radical (unpaired) electrons. The van der Waals surface area contributed by atoms with Crippen LogP contribution in [0.1, 0.15) is 5.82 Å². The molecule has 0 saturated carbocycles. The lowest BCUT2D eigenvalue weighted by Gasteiger charge is -2.07. The molecule has 0 atom stereocenters. The van der Waals surface area contributed by atoms with Gasteiger partial charge in [0.05, 0.1) is 5.02 Å². The van der Waals surface area contributed by atoms with Gasteiger partial charge in [-0.2, -0.15) is 0 Å². The second kappa shape index (κ2) is 4.47. The van der Waals surface area contributed by atoms with Gasteiger partial charge in [0, 0.05) is 31.6 Å². The van der Waals surface area contributed by atoms with Crippen LogP contribution < -0.4 is 5.32 Å².